The summed E-state index contributed by atoms with van der Waals surface area (Å²) in [7, 11) is 0. The molecule has 2 N–H and O–H groups in total. The van der Waals surface area contributed by atoms with Crippen LogP contribution >= 0.6 is 0 Å². The molecule has 0 saturated heterocycles. The molecule has 18 heavy (non-hydrogen) atoms. The van der Waals surface area contributed by atoms with Crippen molar-refractivity contribution in [2.75, 3.05) is 6.61 Å². The minimum absolute atomic E-state index is 0.302. The van der Waals surface area contributed by atoms with Gasteiger partial charge in [0.05, 0.1) is 5.56 Å². The molecule has 3 heteroatoms. The van der Waals surface area contributed by atoms with E-state index in [1.807, 2.05) is 12.1 Å². The van der Waals surface area contributed by atoms with Gasteiger partial charge in [-0.25, -0.2) is 4.79 Å². The highest BCUT2D eigenvalue weighted by atomic mass is 16.4. The quantitative estimate of drug-likeness (QED) is 0.661. The Bertz CT molecular complexity index is 343. The Hall–Kier alpha value is -1.35. The van der Waals surface area contributed by atoms with E-state index < -0.39 is 5.97 Å². The summed E-state index contributed by atoms with van der Waals surface area (Å²) >= 11 is 0. The molecule has 0 aliphatic heterocycles. The summed E-state index contributed by atoms with van der Waals surface area (Å²) in [4.78, 5) is 10.7. The van der Waals surface area contributed by atoms with Crippen LogP contribution in [0.2, 0.25) is 0 Å². The predicted molar refractivity (Wildman–Crippen MR) is 71.9 cm³/mol. The first-order valence-corrected chi connectivity index (χ1v) is 6.67. The number of hydrogen-bond acceptors (Lipinski definition) is 2. The van der Waals surface area contributed by atoms with Crippen molar-refractivity contribution in [1.82, 2.24) is 0 Å². The highest BCUT2D eigenvalue weighted by Gasteiger charge is 2.01. The number of aliphatic hydroxyl groups excluding tert-OH is 1. The van der Waals surface area contributed by atoms with Gasteiger partial charge >= 0.3 is 5.97 Å². The molecule has 100 valence electrons. The molecule has 0 radical (unpaired) electrons. The highest BCUT2D eigenvalue weighted by Crippen LogP contribution is 2.11. The van der Waals surface area contributed by atoms with Crippen LogP contribution < -0.4 is 0 Å². The fourth-order valence-corrected chi connectivity index (χ4v) is 1.96. The fourth-order valence-electron chi connectivity index (χ4n) is 1.96. The molecule has 0 unspecified atom stereocenters. The zero-order valence-corrected chi connectivity index (χ0v) is 10.8. The summed E-state index contributed by atoms with van der Waals surface area (Å²) in [5.74, 6) is -0.870. The van der Waals surface area contributed by atoms with Crippen LogP contribution in [0.25, 0.3) is 0 Å². The number of aliphatic hydroxyl groups is 1. The first-order chi connectivity index (χ1) is 8.74. The maximum Gasteiger partial charge on any atom is 0.335 e. The predicted octanol–water partition coefficient (Wildman–Crippen LogP) is 3.26. The second kappa shape index (κ2) is 8.70. The molecule has 0 bridgehead atoms. The monoisotopic (exact) mass is 250 g/mol. The number of carboxylic acid groups (broad SMARTS) is 1. The number of carboxylic acids is 1. The van der Waals surface area contributed by atoms with Gasteiger partial charge in [-0.3, -0.25) is 0 Å². The topological polar surface area (TPSA) is 57.5 Å². The van der Waals surface area contributed by atoms with Gasteiger partial charge in [0.15, 0.2) is 0 Å². The third kappa shape index (κ3) is 5.82. The Kier molecular flexibility index (Phi) is 7.11. The van der Waals surface area contributed by atoms with E-state index in [1.165, 1.54) is 24.8 Å². The Balaban J connectivity index is 2.14. The van der Waals surface area contributed by atoms with Crippen molar-refractivity contribution in [2.24, 2.45) is 0 Å². The fraction of sp³-hybridized carbons (Fsp3) is 0.533. The third-order valence-electron chi connectivity index (χ3n) is 3.07. The first-order valence-electron chi connectivity index (χ1n) is 6.67. The van der Waals surface area contributed by atoms with E-state index >= 15 is 0 Å². The van der Waals surface area contributed by atoms with Crippen molar-refractivity contribution < 1.29 is 15.0 Å². The SMILES string of the molecule is O=C(O)c1ccc(CCCCCCCCO)cc1. The molecule has 0 fully saturated rings. The lowest BCUT2D eigenvalue weighted by Crippen LogP contribution is -1.96. The standard InChI is InChI=1S/C15H22O3/c16-12-6-4-2-1-3-5-7-13-8-10-14(11-9-13)15(17)18/h8-11,16H,1-7,12H2,(H,17,18). The zero-order chi connectivity index (χ0) is 13.2. The number of unbranched alkanes of at least 4 members (excludes halogenated alkanes) is 5. The number of rotatable bonds is 9. The van der Waals surface area contributed by atoms with Gasteiger partial charge < -0.3 is 10.2 Å². The van der Waals surface area contributed by atoms with E-state index in [-0.39, 0.29) is 0 Å². The number of aryl methyl sites for hydroxylation is 1. The number of carbonyl (C=O) groups is 1. The number of aromatic carboxylic acids is 1. The molecule has 1 aromatic rings. The molecule has 0 aromatic heterocycles. The molecule has 0 aliphatic rings. The molecule has 0 aliphatic carbocycles. The first kappa shape index (κ1) is 14.7. The Morgan fingerprint density at radius 2 is 1.44 bits per heavy atom. The average molecular weight is 250 g/mol. The molecule has 0 saturated carbocycles. The van der Waals surface area contributed by atoms with Gasteiger partial charge in [-0.2, -0.15) is 0 Å². The van der Waals surface area contributed by atoms with Crippen LogP contribution in [-0.4, -0.2) is 22.8 Å². The van der Waals surface area contributed by atoms with Crippen molar-refractivity contribution >= 4 is 5.97 Å². The molecule has 0 atom stereocenters. The minimum Gasteiger partial charge on any atom is -0.478 e. The van der Waals surface area contributed by atoms with Crippen molar-refractivity contribution in [3.63, 3.8) is 0 Å². The van der Waals surface area contributed by atoms with Crippen molar-refractivity contribution in [3.8, 4) is 0 Å². The summed E-state index contributed by atoms with van der Waals surface area (Å²) in [5, 5.41) is 17.4. The lowest BCUT2D eigenvalue weighted by atomic mass is 10.0. The van der Waals surface area contributed by atoms with E-state index in [1.54, 1.807) is 12.1 Å². The third-order valence-corrected chi connectivity index (χ3v) is 3.07. The normalized spacial score (nSPS) is 10.5. The molecule has 0 spiro atoms. The van der Waals surface area contributed by atoms with Gasteiger partial charge in [0.2, 0.25) is 0 Å². The van der Waals surface area contributed by atoms with E-state index in [2.05, 4.69) is 0 Å². The molecular formula is C15H22O3. The van der Waals surface area contributed by atoms with Crippen LogP contribution in [0.3, 0.4) is 0 Å². The molecular weight excluding hydrogens is 228 g/mol. The number of hydrogen-bond donors (Lipinski definition) is 2. The number of benzene rings is 1. The Labute approximate surface area is 108 Å². The smallest absolute Gasteiger partial charge is 0.335 e. The Morgan fingerprint density at radius 3 is 2.00 bits per heavy atom. The molecule has 0 amide bonds. The van der Waals surface area contributed by atoms with E-state index in [0.717, 1.165) is 25.7 Å². The lowest BCUT2D eigenvalue weighted by Gasteiger charge is -2.03. The van der Waals surface area contributed by atoms with Gasteiger partial charge in [0.1, 0.15) is 0 Å². The minimum atomic E-state index is -0.870. The zero-order valence-electron chi connectivity index (χ0n) is 10.8. The maximum absolute atomic E-state index is 10.7. The summed E-state index contributed by atoms with van der Waals surface area (Å²) in [6.45, 7) is 0.302. The average Bonchev–Trinajstić information content (AvgIpc) is 2.38. The van der Waals surface area contributed by atoms with Crippen LogP contribution in [0, 0.1) is 0 Å². The second-order valence-corrected chi connectivity index (χ2v) is 4.60. The summed E-state index contributed by atoms with van der Waals surface area (Å²) < 4.78 is 0. The van der Waals surface area contributed by atoms with Gasteiger partial charge in [0.25, 0.3) is 0 Å². The van der Waals surface area contributed by atoms with Gasteiger partial charge in [-0.15, -0.1) is 0 Å². The van der Waals surface area contributed by atoms with Gasteiger partial charge in [-0.05, 0) is 37.0 Å². The van der Waals surface area contributed by atoms with Crippen LogP contribution in [0.1, 0.15) is 54.4 Å². The maximum atomic E-state index is 10.7. The van der Waals surface area contributed by atoms with E-state index in [9.17, 15) is 4.79 Å². The lowest BCUT2D eigenvalue weighted by molar-refractivity contribution is 0.0697. The van der Waals surface area contributed by atoms with Crippen LogP contribution in [0.5, 0.6) is 0 Å². The van der Waals surface area contributed by atoms with Gasteiger partial charge in [-0.1, -0.05) is 37.8 Å². The van der Waals surface area contributed by atoms with E-state index in [0.29, 0.717) is 12.2 Å². The largest absolute Gasteiger partial charge is 0.478 e. The van der Waals surface area contributed by atoms with E-state index in [4.69, 9.17) is 10.2 Å². The molecule has 1 rings (SSSR count). The molecule has 0 heterocycles. The van der Waals surface area contributed by atoms with Gasteiger partial charge in [0, 0.05) is 6.61 Å². The van der Waals surface area contributed by atoms with Crippen molar-refractivity contribution in [1.29, 1.82) is 0 Å². The Morgan fingerprint density at radius 1 is 0.889 bits per heavy atom. The highest BCUT2D eigenvalue weighted by molar-refractivity contribution is 5.87. The van der Waals surface area contributed by atoms with Crippen LogP contribution in [0.15, 0.2) is 24.3 Å². The van der Waals surface area contributed by atoms with Crippen LogP contribution in [-0.2, 0) is 6.42 Å². The van der Waals surface area contributed by atoms with Crippen molar-refractivity contribution in [2.45, 2.75) is 44.9 Å². The van der Waals surface area contributed by atoms with Crippen LogP contribution in [0.4, 0.5) is 0 Å². The second-order valence-electron chi connectivity index (χ2n) is 4.60. The summed E-state index contributed by atoms with van der Waals surface area (Å²) in [6, 6.07) is 7.13. The molecule has 3 nitrogen and oxygen atoms in total. The molecule has 1 aromatic carbocycles. The summed E-state index contributed by atoms with van der Waals surface area (Å²) in [5.41, 5.74) is 1.55. The summed E-state index contributed by atoms with van der Waals surface area (Å²) in [6.07, 6.45) is 7.80. The van der Waals surface area contributed by atoms with Crippen molar-refractivity contribution in [3.05, 3.63) is 35.4 Å².